The van der Waals surface area contributed by atoms with Gasteiger partial charge in [-0.1, -0.05) is 34.5 Å². The number of aliphatic hydroxyl groups excluding tert-OH is 1. The molecular formula is C22H21Cl2N3OS2. The molecule has 156 valence electrons. The van der Waals surface area contributed by atoms with Crippen LogP contribution in [-0.4, -0.2) is 39.7 Å². The third-order valence-electron chi connectivity index (χ3n) is 5.46. The number of nitrogens with zero attached hydrogens (tertiary/aromatic N) is 2. The van der Waals surface area contributed by atoms with Gasteiger partial charge in [0.25, 0.3) is 0 Å². The fourth-order valence-electron chi connectivity index (χ4n) is 4.14. The Morgan fingerprint density at radius 3 is 2.90 bits per heavy atom. The van der Waals surface area contributed by atoms with Crippen LogP contribution in [0.25, 0.3) is 21.1 Å². The zero-order valence-electron chi connectivity index (χ0n) is 16.2. The smallest absolute Gasteiger partial charge is 0.186 e. The number of rotatable bonds is 6. The molecule has 2 N–H and O–H groups in total. The lowest BCUT2D eigenvalue weighted by molar-refractivity contribution is 0.296. The molecular weight excluding hydrogens is 457 g/mol. The molecule has 1 aliphatic heterocycles. The number of fused-ring (bicyclic) bond motifs is 4. The van der Waals surface area contributed by atoms with E-state index in [1.54, 1.807) is 11.3 Å². The van der Waals surface area contributed by atoms with Crippen LogP contribution in [0, 0.1) is 0 Å². The minimum atomic E-state index is 0.242. The van der Waals surface area contributed by atoms with Crippen molar-refractivity contribution in [2.45, 2.75) is 18.9 Å². The zero-order chi connectivity index (χ0) is 20.7. The minimum Gasteiger partial charge on any atom is -0.396 e. The molecule has 0 aliphatic carbocycles. The van der Waals surface area contributed by atoms with E-state index < -0.39 is 0 Å². The maximum absolute atomic E-state index is 9.12. The van der Waals surface area contributed by atoms with Gasteiger partial charge in [-0.3, -0.25) is 0 Å². The molecule has 1 aliphatic rings. The van der Waals surface area contributed by atoms with E-state index in [1.165, 1.54) is 16.6 Å². The summed E-state index contributed by atoms with van der Waals surface area (Å²) >= 11 is 16.1. The quantitative estimate of drug-likeness (QED) is 0.319. The summed E-state index contributed by atoms with van der Waals surface area (Å²) < 4.78 is 1.11. The molecule has 0 bridgehead atoms. The molecule has 0 saturated heterocycles. The summed E-state index contributed by atoms with van der Waals surface area (Å²) in [7, 11) is 0. The number of aromatic amines is 1. The molecule has 0 amide bonds. The Morgan fingerprint density at radius 2 is 2.03 bits per heavy atom. The molecule has 0 spiro atoms. The van der Waals surface area contributed by atoms with Crippen molar-refractivity contribution in [1.82, 2.24) is 9.97 Å². The van der Waals surface area contributed by atoms with Crippen molar-refractivity contribution in [3.05, 3.63) is 57.7 Å². The second kappa shape index (κ2) is 8.60. The first-order valence-corrected chi connectivity index (χ1v) is 12.6. The van der Waals surface area contributed by atoms with E-state index >= 15 is 0 Å². The van der Waals surface area contributed by atoms with Crippen LogP contribution in [0.15, 0.2) is 36.4 Å². The molecule has 0 saturated carbocycles. The molecule has 2 aromatic carbocycles. The van der Waals surface area contributed by atoms with Crippen molar-refractivity contribution in [2.24, 2.45) is 0 Å². The Bertz CT molecular complexity index is 1210. The largest absolute Gasteiger partial charge is 0.396 e. The molecule has 0 fully saturated rings. The first-order valence-electron chi connectivity index (χ1n) is 9.92. The number of thioether (sulfide) groups is 1. The van der Waals surface area contributed by atoms with Crippen LogP contribution in [0.1, 0.15) is 23.6 Å². The molecule has 5 rings (SSSR count). The van der Waals surface area contributed by atoms with Gasteiger partial charge in [0.2, 0.25) is 0 Å². The average Bonchev–Trinajstić information content (AvgIpc) is 3.31. The molecule has 3 heterocycles. The lowest BCUT2D eigenvalue weighted by Crippen LogP contribution is -2.34. The van der Waals surface area contributed by atoms with Crippen LogP contribution in [0.4, 0.5) is 5.13 Å². The van der Waals surface area contributed by atoms with E-state index in [4.69, 9.17) is 33.3 Å². The topological polar surface area (TPSA) is 52.1 Å². The highest BCUT2D eigenvalue weighted by Crippen LogP contribution is 2.40. The fraction of sp³-hybridized carbons (Fsp3) is 0.318. The van der Waals surface area contributed by atoms with Crippen molar-refractivity contribution in [3.63, 3.8) is 0 Å². The van der Waals surface area contributed by atoms with Gasteiger partial charge in [0.05, 0.1) is 16.8 Å². The van der Waals surface area contributed by atoms with Gasteiger partial charge in [-0.25, -0.2) is 4.98 Å². The summed E-state index contributed by atoms with van der Waals surface area (Å²) in [5.41, 5.74) is 4.74. The van der Waals surface area contributed by atoms with Gasteiger partial charge in [-0.05, 0) is 54.1 Å². The third-order valence-corrected chi connectivity index (χ3v) is 8.22. The van der Waals surface area contributed by atoms with Gasteiger partial charge in [0.1, 0.15) is 0 Å². The summed E-state index contributed by atoms with van der Waals surface area (Å²) in [5, 5.41) is 12.9. The molecule has 1 unspecified atom stereocenters. The predicted molar refractivity (Wildman–Crippen MR) is 131 cm³/mol. The number of anilines is 1. The van der Waals surface area contributed by atoms with Gasteiger partial charge in [-0.2, -0.15) is 11.8 Å². The maximum atomic E-state index is 9.12. The van der Waals surface area contributed by atoms with E-state index in [9.17, 15) is 0 Å². The normalized spacial score (nSPS) is 16.5. The second-order valence-corrected chi connectivity index (χ2v) is 10.6. The fourth-order valence-corrected chi connectivity index (χ4v) is 6.62. The second-order valence-electron chi connectivity index (χ2n) is 7.55. The van der Waals surface area contributed by atoms with Crippen molar-refractivity contribution in [3.8, 4) is 0 Å². The Kier molecular flexibility index (Phi) is 5.86. The average molecular weight is 478 g/mol. The summed E-state index contributed by atoms with van der Waals surface area (Å²) in [6, 6.07) is 11.9. The van der Waals surface area contributed by atoms with Crippen LogP contribution >= 0.6 is 46.3 Å². The number of thiazole rings is 1. The van der Waals surface area contributed by atoms with Gasteiger partial charge in [-0.15, -0.1) is 0 Å². The number of nitrogens with one attached hydrogen (secondary N) is 1. The highest BCUT2D eigenvalue weighted by atomic mass is 35.5. The first-order chi connectivity index (χ1) is 14.6. The Balaban J connectivity index is 1.51. The number of H-pyrrole nitrogens is 1. The van der Waals surface area contributed by atoms with Crippen molar-refractivity contribution in [1.29, 1.82) is 0 Å². The summed E-state index contributed by atoms with van der Waals surface area (Å²) in [5.74, 6) is 2.32. The zero-order valence-corrected chi connectivity index (χ0v) is 19.3. The van der Waals surface area contributed by atoms with E-state index in [1.807, 2.05) is 36.0 Å². The number of aromatic nitrogens is 2. The predicted octanol–water partition coefficient (Wildman–Crippen LogP) is 6.30. The number of hydrogen-bond donors (Lipinski definition) is 2. The van der Waals surface area contributed by atoms with E-state index in [0.717, 1.165) is 61.9 Å². The van der Waals surface area contributed by atoms with Crippen LogP contribution < -0.4 is 4.90 Å². The number of benzene rings is 2. The molecule has 4 aromatic rings. The summed E-state index contributed by atoms with van der Waals surface area (Å²) in [6.45, 7) is 1.95. The van der Waals surface area contributed by atoms with Crippen LogP contribution in [0.3, 0.4) is 0 Å². The lowest BCUT2D eigenvalue weighted by Gasteiger charge is -2.33. The Morgan fingerprint density at radius 1 is 1.20 bits per heavy atom. The monoisotopic (exact) mass is 477 g/mol. The highest BCUT2D eigenvalue weighted by molar-refractivity contribution is 7.99. The first kappa shape index (κ1) is 20.5. The van der Waals surface area contributed by atoms with Crippen LogP contribution in [0.2, 0.25) is 10.0 Å². The van der Waals surface area contributed by atoms with E-state index in [0.29, 0.717) is 5.92 Å². The summed E-state index contributed by atoms with van der Waals surface area (Å²) in [6.07, 6.45) is 0.826. The van der Waals surface area contributed by atoms with Gasteiger partial charge < -0.3 is 15.0 Å². The number of halogens is 2. The number of hydrogen-bond acceptors (Lipinski definition) is 5. The van der Waals surface area contributed by atoms with E-state index in [2.05, 4.69) is 22.0 Å². The molecule has 2 aromatic heterocycles. The van der Waals surface area contributed by atoms with E-state index in [-0.39, 0.29) is 6.61 Å². The van der Waals surface area contributed by atoms with Gasteiger partial charge in [0, 0.05) is 51.5 Å². The van der Waals surface area contributed by atoms with Crippen LogP contribution in [-0.2, 0) is 6.54 Å². The summed E-state index contributed by atoms with van der Waals surface area (Å²) in [4.78, 5) is 10.9. The highest BCUT2D eigenvalue weighted by Gasteiger charge is 2.30. The van der Waals surface area contributed by atoms with Crippen molar-refractivity contribution < 1.29 is 5.11 Å². The minimum absolute atomic E-state index is 0.242. The van der Waals surface area contributed by atoms with Crippen LogP contribution in [0.5, 0.6) is 0 Å². The molecule has 4 nitrogen and oxygen atoms in total. The molecule has 8 heteroatoms. The third kappa shape index (κ3) is 3.92. The Hall–Kier alpha value is -1.44. The van der Waals surface area contributed by atoms with Crippen molar-refractivity contribution in [2.75, 3.05) is 29.6 Å². The number of aliphatic hydroxyl groups is 1. The standard InChI is InChI=1S/C22H21Cl2N3OS2/c23-14-2-4-17-16(8-14)21-13(12-29-7-1-6-28)10-27(11-19(21)25-17)22-26-18-5-3-15(24)9-20(18)30-22/h2-5,8-9,13,25,28H,1,6-7,10-12H2. The molecule has 30 heavy (non-hydrogen) atoms. The van der Waals surface area contributed by atoms with Gasteiger partial charge in [0.15, 0.2) is 5.13 Å². The van der Waals surface area contributed by atoms with Gasteiger partial charge >= 0.3 is 0 Å². The maximum Gasteiger partial charge on any atom is 0.186 e. The van der Waals surface area contributed by atoms with Crippen molar-refractivity contribution >= 4 is 72.6 Å². The Labute approximate surface area is 193 Å². The SMILES string of the molecule is OCCCSCC1CN(c2nc3ccc(Cl)cc3s2)Cc2[nH]c3ccc(Cl)cc3c21. The molecule has 1 atom stereocenters. The molecule has 0 radical (unpaired) electrons. The lowest BCUT2D eigenvalue weighted by atomic mass is 9.93.